The molecule has 8 heteroatoms. The molecule has 2 saturated heterocycles. The molecular formula is C32H40BrN3O4. The second-order valence-electron chi connectivity index (χ2n) is 12.6. The first-order valence-electron chi connectivity index (χ1n) is 14.1. The topological polar surface area (TPSA) is 86.8 Å². The number of carbonyl (C=O) groups is 4. The molecule has 3 atom stereocenters. The summed E-state index contributed by atoms with van der Waals surface area (Å²) >= 11 is 3.41. The number of rotatable bonds is 6. The van der Waals surface area contributed by atoms with Crippen molar-refractivity contribution in [3.05, 3.63) is 69.7 Å². The Morgan fingerprint density at radius 1 is 1.05 bits per heavy atom. The fourth-order valence-corrected chi connectivity index (χ4v) is 6.06. The van der Waals surface area contributed by atoms with E-state index in [9.17, 15) is 19.2 Å². The molecule has 2 aromatic carbocycles. The van der Waals surface area contributed by atoms with Crippen LogP contribution in [-0.4, -0.2) is 65.0 Å². The summed E-state index contributed by atoms with van der Waals surface area (Å²) < 4.78 is 0.804. The van der Waals surface area contributed by atoms with Crippen molar-refractivity contribution in [1.82, 2.24) is 15.1 Å². The van der Waals surface area contributed by atoms with Gasteiger partial charge in [-0.15, -0.1) is 0 Å². The summed E-state index contributed by atoms with van der Waals surface area (Å²) in [5, 5.41) is 2.97. The first kappa shape index (κ1) is 30.0. The molecule has 0 spiro atoms. The zero-order valence-corrected chi connectivity index (χ0v) is 25.7. The van der Waals surface area contributed by atoms with Crippen LogP contribution < -0.4 is 5.32 Å². The molecule has 1 unspecified atom stereocenters. The third-order valence-corrected chi connectivity index (χ3v) is 8.37. The largest absolute Gasteiger partial charge is 0.340 e. The van der Waals surface area contributed by atoms with Crippen LogP contribution >= 0.6 is 15.9 Å². The van der Waals surface area contributed by atoms with E-state index in [4.69, 9.17) is 0 Å². The number of likely N-dealkylation sites (tertiary alicyclic amines) is 2. The number of halogens is 1. The zero-order chi connectivity index (χ0) is 29.2. The summed E-state index contributed by atoms with van der Waals surface area (Å²) in [5.41, 5.74) is 2.13. The van der Waals surface area contributed by atoms with Gasteiger partial charge in [-0.1, -0.05) is 68.7 Å². The third-order valence-electron chi connectivity index (χ3n) is 7.87. The molecular weight excluding hydrogens is 570 g/mol. The van der Waals surface area contributed by atoms with Crippen molar-refractivity contribution in [3.8, 4) is 0 Å². The van der Waals surface area contributed by atoms with E-state index in [1.807, 2.05) is 32.0 Å². The van der Waals surface area contributed by atoms with Crippen molar-refractivity contribution < 1.29 is 19.2 Å². The van der Waals surface area contributed by atoms with Crippen LogP contribution in [-0.2, 0) is 15.0 Å². The molecule has 2 bridgehead atoms. The number of nitrogens with zero attached hydrogens (tertiary/aromatic N) is 2. The van der Waals surface area contributed by atoms with Gasteiger partial charge in [-0.2, -0.15) is 0 Å². The normalized spacial score (nSPS) is 20.2. The first-order chi connectivity index (χ1) is 18.8. The highest BCUT2D eigenvalue weighted by molar-refractivity contribution is 9.10. The summed E-state index contributed by atoms with van der Waals surface area (Å²) in [6.07, 6.45) is 1.71. The number of fused-ring (bicyclic) bond motifs is 2. The lowest BCUT2D eigenvalue weighted by atomic mass is 9.86. The molecule has 2 heterocycles. The lowest BCUT2D eigenvalue weighted by molar-refractivity contribution is -0.143. The molecule has 2 aliphatic rings. The molecule has 0 radical (unpaired) electrons. The maximum atomic E-state index is 13.9. The van der Waals surface area contributed by atoms with Gasteiger partial charge in [0.25, 0.3) is 11.8 Å². The van der Waals surface area contributed by atoms with Crippen molar-refractivity contribution in [1.29, 1.82) is 0 Å². The molecule has 0 saturated carbocycles. The average Bonchev–Trinajstić information content (AvgIpc) is 3.02. The predicted molar refractivity (Wildman–Crippen MR) is 159 cm³/mol. The molecule has 3 amide bonds. The SMILES string of the molecule is CC(C)C[C@H](NC(=O)c1ccc(C(C)(C)C)cc1)C(=O)N1CC[C@@H]2CC1C(=O)CN(C(=O)c1cccc(Br)c1)C2. The lowest BCUT2D eigenvalue weighted by Crippen LogP contribution is -2.56. The van der Waals surface area contributed by atoms with Crippen LogP contribution in [0, 0.1) is 11.8 Å². The van der Waals surface area contributed by atoms with Gasteiger partial charge in [-0.05, 0) is 72.4 Å². The van der Waals surface area contributed by atoms with E-state index in [1.54, 1.807) is 40.1 Å². The van der Waals surface area contributed by atoms with Gasteiger partial charge in [0.15, 0.2) is 5.78 Å². The van der Waals surface area contributed by atoms with Crippen molar-refractivity contribution in [2.75, 3.05) is 19.6 Å². The summed E-state index contributed by atoms with van der Waals surface area (Å²) in [7, 11) is 0. The Morgan fingerprint density at radius 2 is 1.75 bits per heavy atom. The van der Waals surface area contributed by atoms with Gasteiger partial charge < -0.3 is 15.1 Å². The summed E-state index contributed by atoms with van der Waals surface area (Å²) in [4.78, 5) is 57.1. The standard InChI is InChI=1S/C32H40BrN3O4/c1-20(2)15-26(34-29(38)22-9-11-24(12-10-22)32(3,4)5)31(40)36-14-13-21-16-27(36)28(37)19-35(18-21)30(39)23-7-6-8-25(33)17-23/h6-12,17,20-21,26-27H,13-16,18-19H2,1-5H3,(H,34,38)/t21-,26+,27?/m1/s1. The second kappa shape index (κ2) is 12.2. The third kappa shape index (κ3) is 7.00. The molecule has 2 fully saturated rings. The Kier molecular flexibility index (Phi) is 9.18. The Hall–Kier alpha value is -3.00. The molecule has 40 heavy (non-hydrogen) atoms. The number of hydrogen-bond acceptors (Lipinski definition) is 4. The molecule has 2 aliphatic heterocycles. The Balaban J connectivity index is 1.49. The van der Waals surface area contributed by atoms with Gasteiger partial charge >= 0.3 is 0 Å². The van der Waals surface area contributed by atoms with Crippen molar-refractivity contribution >= 4 is 39.4 Å². The van der Waals surface area contributed by atoms with E-state index < -0.39 is 12.1 Å². The number of nitrogens with one attached hydrogen (secondary N) is 1. The molecule has 2 aromatic rings. The number of benzene rings is 2. The van der Waals surface area contributed by atoms with Gasteiger partial charge in [0.05, 0.1) is 12.6 Å². The van der Waals surface area contributed by atoms with Gasteiger partial charge in [0, 0.05) is 28.7 Å². The maximum absolute atomic E-state index is 13.9. The van der Waals surface area contributed by atoms with Crippen LogP contribution in [0.15, 0.2) is 53.0 Å². The quantitative estimate of drug-likeness (QED) is 0.486. The molecule has 4 rings (SSSR count). The summed E-state index contributed by atoms with van der Waals surface area (Å²) in [6.45, 7) is 11.3. The lowest BCUT2D eigenvalue weighted by Gasteiger charge is -2.39. The van der Waals surface area contributed by atoms with Crippen molar-refractivity contribution in [3.63, 3.8) is 0 Å². The van der Waals surface area contributed by atoms with Crippen LogP contribution in [0.1, 0.15) is 80.2 Å². The van der Waals surface area contributed by atoms with Crippen LogP contribution in [0.3, 0.4) is 0 Å². The first-order valence-corrected chi connectivity index (χ1v) is 14.9. The molecule has 0 aromatic heterocycles. The van der Waals surface area contributed by atoms with Crippen LogP contribution in [0.2, 0.25) is 0 Å². The molecule has 0 aliphatic carbocycles. The van der Waals surface area contributed by atoms with Gasteiger partial charge in [0.1, 0.15) is 6.04 Å². The minimum atomic E-state index is -0.734. The second-order valence-corrected chi connectivity index (χ2v) is 13.5. The fraction of sp³-hybridized carbons (Fsp3) is 0.500. The highest BCUT2D eigenvalue weighted by Gasteiger charge is 2.42. The van der Waals surface area contributed by atoms with E-state index in [1.165, 1.54) is 0 Å². The van der Waals surface area contributed by atoms with Crippen LogP contribution in [0.4, 0.5) is 0 Å². The van der Waals surface area contributed by atoms with E-state index in [0.717, 1.165) is 10.0 Å². The highest BCUT2D eigenvalue weighted by atomic mass is 79.9. The van der Waals surface area contributed by atoms with E-state index in [0.29, 0.717) is 43.5 Å². The number of Topliss-reactive ketones (excluding diaryl/α,β-unsaturated/α-hetero) is 1. The number of hydrogen-bond donors (Lipinski definition) is 1. The number of carbonyl (C=O) groups excluding carboxylic acids is 4. The monoisotopic (exact) mass is 609 g/mol. The zero-order valence-electron chi connectivity index (χ0n) is 24.1. The highest BCUT2D eigenvalue weighted by Crippen LogP contribution is 2.30. The summed E-state index contributed by atoms with van der Waals surface area (Å²) in [5.74, 6) is -0.535. The van der Waals surface area contributed by atoms with Gasteiger partial charge in [0.2, 0.25) is 5.91 Å². The van der Waals surface area contributed by atoms with Crippen molar-refractivity contribution in [2.24, 2.45) is 11.8 Å². The average molecular weight is 611 g/mol. The van der Waals surface area contributed by atoms with Gasteiger partial charge in [-0.3, -0.25) is 19.2 Å². The Morgan fingerprint density at radius 3 is 2.38 bits per heavy atom. The fourth-order valence-electron chi connectivity index (χ4n) is 5.66. The van der Waals surface area contributed by atoms with E-state index in [-0.39, 0.29) is 47.3 Å². The molecule has 214 valence electrons. The molecule has 1 N–H and O–H groups in total. The number of piperidine rings is 1. The van der Waals surface area contributed by atoms with Crippen LogP contribution in [0.5, 0.6) is 0 Å². The summed E-state index contributed by atoms with van der Waals surface area (Å²) in [6, 6.07) is 13.3. The number of ketones is 1. The maximum Gasteiger partial charge on any atom is 0.254 e. The minimum absolute atomic E-state index is 0.0271. The number of amides is 3. The predicted octanol–water partition coefficient (Wildman–Crippen LogP) is 5.22. The van der Waals surface area contributed by atoms with Crippen LogP contribution in [0.25, 0.3) is 0 Å². The smallest absolute Gasteiger partial charge is 0.254 e. The molecule has 7 nitrogen and oxygen atoms in total. The Bertz CT molecular complexity index is 1270. The van der Waals surface area contributed by atoms with E-state index >= 15 is 0 Å². The Labute approximate surface area is 245 Å². The van der Waals surface area contributed by atoms with Crippen molar-refractivity contribution in [2.45, 2.75) is 71.4 Å². The van der Waals surface area contributed by atoms with E-state index in [2.05, 4.69) is 42.0 Å². The van der Waals surface area contributed by atoms with Gasteiger partial charge in [-0.25, -0.2) is 0 Å². The minimum Gasteiger partial charge on any atom is -0.340 e.